The van der Waals surface area contributed by atoms with Gasteiger partial charge in [0.25, 0.3) is 0 Å². The zero-order valence-electron chi connectivity index (χ0n) is 11.0. The van der Waals surface area contributed by atoms with Crippen molar-refractivity contribution in [3.05, 3.63) is 29.6 Å². The summed E-state index contributed by atoms with van der Waals surface area (Å²) in [5.41, 5.74) is 2.04. The van der Waals surface area contributed by atoms with Crippen molar-refractivity contribution in [2.45, 2.75) is 39.2 Å². The molecule has 1 aromatic heterocycles. The Hall–Kier alpha value is -1.58. The van der Waals surface area contributed by atoms with E-state index in [2.05, 4.69) is 10.3 Å². The van der Waals surface area contributed by atoms with Gasteiger partial charge in [0.2, 0.25) is 0 Å². The van der Waals surface area contributed by atoms with Gasteiger partial charge in [0, 0.05) is 31.5 Å². The third kappa shape index (κ3) is 3.72. The largest absolute Gasteiger partial charge is 0.334 e. The number of carbonyl (C=O) groups is 1. The van der Waals surface area contributed by atoms with Crippen LogP contribution >= 0.6 is 0 Å². The molecule has 18 heavy (non-hydrogen) atoms. The van der Waals surface area contributed by atoms with Crippen molar-refractivity contribution < 1.29 is 4.79 Å². The Morgan fingerprint density at radius 1 is 1.28 bits per heavy atom. The van der Waals surface area contributed by atoms with Crippen LogP contribution in [0.15, 0.2) is 18.3 Å². The number of pyridine rings is 1. The topological polar surface area (TPSA) is 45.2 Å². The third-order valence-corrected chi connectivity index (χ3v) is 3.31. The Bertz CT molecular complexity index is 381. The number of urea groups is 1. The van der Waals surface area contributed by atoms with E-state index in [0.717, 1.165) is 37.2 Å². The molecule has 0 spiro atoms. The number of nitrogens with one attached hydrogen (secondary N) is 1. The van der Waals surface area contributed by atoms with Crippen LogP contribution in [0.1, 0.15) is 36.9 Å². The SMILES string of the molecule is Cc1ccc(CNC(=O)N2CCCCCC2)cn1. The fourth-order valence-electron chi connectivity index (χ4n) is 2.17. The van der Waals surface area contributed by atoms with Gasteiger partial charge in [0.15, 0.2) is 0 Å². The van der Waals surface area contributed by atoms with Crippen molar-refractivity contribution >= 4 is 6.03 Å². The lowest BCUT2D eigenvalue weighted by Crippen LogP contribution is -2.40. The molecular weight excluding hydrogens is 226 g/mol. The summed E-state index contributed by atoms with van der Waals surface area (Å²) in [5.74, 6) is 0. The molecule has 0 radical (unpaired) electrons. The maximum absolute atomic E-state index is 12.0. The molecule has 1 aliphatic heterocycles. The van der Waals surface area contributed by atoms with Gasteiger partial charge in [0.1, 0.15) is 0 Å². The molecule has 0 aliphatic carbocycles. The van der Waals surface area contributed by atoms with Crippen molar-refractivity contribution in [3.8, 4) is 0 Å². The van der Waals surface area contributed by atoms with Crippen LogP contribution in [-0.2, 0) is 6.54 Å². The maximum Gasteiger partial charge on any atom is 0.317 e. The number of amides is 2. The van der Waals surface area contributed by atoms with E-state index in [-0.39, 0.29) is 6.03 Å². The van der Waals surface area contributed by atoms with Gasteiger partial charge >= 0.3 is 6.03 Å². The summed E-state index contributed by atoms with van der Waals surface area (Å²) < 4.78 is 0. The number of rotatable bonds is 2. The minimum Gasteiger partial charge on any atom is -0.334 e. The first-order valence-electron chi connectivity index (χ1n) is 6.70. The van der Waals surface area contributed by atoms with Crippen LogP contribution in [0.5, 0.6) is 0 Å². The summed E-state index contributed by atoms with van der Waals surface area (Å²) in [7, 11) is 0. The number of aromatic nitrogens is 1. The molecular formula is C14H21N3O. The second-order valence-electron chi connectivity index (χ2n) is 4.87. The predicted molar refractivity (Wildman–Crippen MR) is 71.3 cm³/mol. The van der Waals surface area contributed by atoms with Crippen molar-refractivity contribution in [1.82, 2.24) is 15.2 Å². The molecule has 4 heteroatoms. The first-order valence-corrected chi connectivity index (χ1v) is 6.70. The summed E-state index contributed by atoms with van der Waals surface area (Å²) >= 11 is 0. The van der Waals surface area contributed by atoms with Crippen LogP contribution in [0.2, 0.25) is 0 Å². The monoisotopic (exact) mass is 247 g/mol. The van der Waals surface area contributed by atoms with Gasteiger partial charge in [-0.25, -0.2) is 4.79 Å². The second-order valence-corrected chi connectivity index (χ2v) is 4.87. The lowest BCUT2D eigenvalue weighted by molar-refractivity contribution is 0.199. The quantitative estimate of drug-likeness (QED) is 0.872. The van der Waals surface area contributed by atoms with Crippen molar-refractivity contribution in [1.29, 1.82) is 0 Å². The maximum atomic E-state index is 12.0. The summed E-state index contributed by atoms with van der Waals surface area (Å²) in [6, 6.07) is 4.02. The molecule has 2 amide bonds. The Morgan fingerprint density at radius 2 is 2.00 bits per heavy atom. The van der Waals surface area contributed by atoms with Crippen LogP contribution in [0.4, 0.5) is 4.79 Å². The normalized spacial score (nSPS) is 16.2. The van der Waals surface area contributed by atoms with Crippen LogP contribution in [-0.4, -0.2) is 29.0 Å². The first kappa shape index (κ1) is 12.9. The Morgan fingerprint density at radius 3 is 2.61 bits per heavy atom. The third-order valence-electron chi connectivity index (χ3n) is 3.31. The zero-order chi connectivity index (χ0) is 12.8. The zero-order valence-corrected chi connectivity index (χ0v) is 11.0. The molecule has 0 unspecified atom stereocenters. The minimum absolute atomic E-state index is 0.0532. The lowest BCUT2D eigenvalue weighted by atomic mass is 10.2. The molecule has 1 saturated heterocycles. The van der Waals surface area contributed by atoms with Gasteiger partial charge in [-0.1, -0.05) is 18.9 Å². The Balaban J connectivity index is 1.81. The van der Waals surface area contributed by atoms with Gasteiger partial charge in [-0.2, -0.15) is 0 Å². The van der Waals surface area contributed by atoms with Crippen LogP contribution < -0.4 is 5.32 Å². The summed E-state index contributed by atoms with van der Waals surface area (Å²) in [6.07, 6.45) is 6.55. The Kier molecular flexibility index (Phi) is 4.56. The van der Waals surface area contributed by atoms with E-state index < -0.39 is 0 Å². The number of carbonyl (C=O) groups excluding carboxylic acids is 1. The van der Waals surface area contributed by atoms with E-state index in [1.807, 2.05) is 30.2 Å². The predicted octanol–water partition coefficient (Wildman–Crippen LogP) is 2.48. The molecule has 0 aromatic carbocycles. The van der Waals surface area contributed by atoms with E-state index in [0.29, 0.717) is 6.54 Å². The fraction of sp³-hybridized carbons (Fsp3) is 0.571. The smallest absolute Gasteiger partial charge is 0.317 e. The highest BCUT2D eigenvalue weighted by molar-refractivity contribution is 5.74. The average Bonchev–Trinajstić information content (AvgIpc) is 2.66. The lowest BCUT2D eigenvalue weighted by Gasteiger charge is -2.20. The van der Waals surface area contributed by atoms with Crippen LogP contribution in [0.3, 0.4) is 0 Å². The summed E-state index contributed by atoms with van der Waals surface area (Å²) in [5, 5.41) is 2.96. The highest BCUT2D eigenvalue weighted by Crippen LogP contribution is 2.09. The highest BCUT2D eigenvalue weighted by Gasteiger charge is 2.14. The summed E-state index contributed by atoms with van der Waals surface area (Å²) in [4.78, 5) is 18.1. The molecule has 98 valence electrons. The number of hydrogen-bond acceptors (Lipinski definition) is 2. The molecule has 1 N–H and O–H groups in total. The van der Waals surface area contributed by atoms with E-state index in [1.165, 1.54) is 12.8 Å². The average molecular weight is 247 g/mol. The first-order chi connectivity index (χ1) is 8.75. The highest BCUT2D eigenvalue weighted by atomic mass is 16.2. The van der Waals surface area contributed by atoms with E-state index in [9.17, 15) is 4.79 Å². The molecule has 1 aliphatic rings. The Labute approximate surface area is 108 Å². The van der Waals surface area contributed by atoms with Gasteiger partial charge in [-0.05, 0) is 31.4 Å². The van der Waals surface area contributed by atoms with Crippen molar-refractivity contribution in [3.63, 3.8) is 0 Å². The van der Waals surface area contributed by atoms with Gasteiger partial charge < -0.3 is 10.2 Å². The van der Waals surface area contributed by atoms with Gasteiger partial charge in [0.05, 0.1) is 0 Å². The van der Waals surface area contributed by atoms with Crippen molar-refractivity contribution in [2.24, 2.45) is 0 Å². The second kappa shape index (κ2) is 6.38. The number of likely N-dealkylation sites (tertiary alicyclic amines) is 1. The standard InChI is InChI=1S/C14H21N3O/c1-12-6-7-13(10-15-12)11-16-14(18)17-8-4-2-3-5-9-17/h6-7,10H,2-5,8-9,11H2,1H3,(H,16,18). The fourth-order valence-corrected chi connectivity index (χ4v) is 2.17. The van der Waals surface area contributed by atoms with E-state index >= 15 is 0 Å². The van der Waals surface area contributed by atoms with Gasteiger partial charge in [-0.15, -0.1) is 0 Å². The molecule has 2 rings (SSSR count). The number of nitrogens with zero attached hydrogens (tertiary/aromatic N) is 2. The van der Waals surface area contributed by atoms with E-state index in [1.54, 1.807) is 0 Å². The molecule has 4 nitrogen and oxygen atoms in total. The molecule has 0 saturated carbocycles. The van der Waals surface area contributed by atoms with E-state index in [4.69, 9.17) is 0 Å². The molecule has 0 bridgehead atoms. The number of hydrogen-bond donors (Lipinski definition) is 1. The number of aryl methyl sites for hydroxylation is 1. The summed E-state index contributed by atoms with van der Waals surface area (Å²) in [6.45, 7) is 4.29. The van der Waals surface area contributed by atoms with Crippen molar-refractivity contribution in [2.75, 3.05) is 13.1 Å². The molecule has 0 atom stereocenters. The minimum atomic E-state index is 0.0532. The van der Waals surface area contributed by atoms with Crippen LogP contribution in [0, 0.1) is 6.92 Å². The molecule has 1 fully saturated rings. The molecule has 2 heterocycles. The van der Waals surface area contributed by atoms with Crippen LogP contribution in [0.25, 0.3) is 0 Å². The molecule has 1 aromatic rings. The van der Waals surface area contributed by atoms with Gasteiger partial charge in [-0.3, -0.25) is 4.98 Å².